The van der Waals surface area contributed by atoms with Crippen molar-refractivity contribution in [2.75, 3.05) is 33.8 Å². The number of ether oxygens (including phenoxy) is 1. The Balaban J connectivity index is 2.65. The topological polar surface area (TPSA) is 109 Å². The molecule has 0 amide bonds. The van der Waals surface area contributed by atoms with Crippen LogP contribution in [0.2, 0.25) is 0 Å². The normalized spacial score (nSPS) is 21.0. The maximum absolute atomic E-state index is 8.56. The Kier molecular flexibility index (Phi) is 5.90. The van der Waals surface area contributed by atoms with Crippen LogP contribution in [0.15, 0.2) is 5.16 Å². The number of nitrogens with one attached hydrogen (secondary N) is 1. The molecular weight excluding hydrogens is 248 g/mol. The molecule has 0 aromatic heterocycles. The van der Waals surface area contributed by atoms with Gasteiger partial charge in [-0.1, -0.05) is 5.16 Å². The van der Waals surface area contributed by atoms with Gasteiger partial charge < -0.3 is 15.0 Å². The molecule has 0 radical (unpaired) electrons. The van der Waals surface area contributed by atoms with Crippen molar-refractivity contribution in [3.05, 3.63) is 0 Å². The quantitative estimate of drug-likeness (QED) is 0.534. The molecule has 1 aliphatic rings. The van der Waals surface area contributed by atoms with Crippen LogP contribution in [0.5, 0.6) is 0 Å². The van der Waals surface area contributed by atoms with Gasteiger partial charge in [0.25, 0.3) is 5.71 Å². The molecule has 1 saturated heterocycles. The van der Waals surface area contributed by atoms with E-state index in [4.69, 9.17) is 25.5 Å². The first-order valence-electron chi connectivity index (χ1n) is 5.69. The van der Waals surface area contributed by atoms with Crippen LogP contribution < -0.4 is 0 Å². The number of hydrogen-bond donors (Lipinski definition) is 1. The Morgan fingerprint density at radius 1 is 1.58 bits per heavy atom. The largest absolute Gasteiger partial charge is 0.368 e. The zero-order chi connectivity index (χ0) is 14.3. The molecule has 0 aromatic rings. The number of oxime groups is 1. The van der Waals surface area contributed by atoms with Gasteiger partial charge in [0.05, 0.1) is 12.8 Å². The molecule has 1 aliphatic heterocycles. The fraction of sp³-hybridized carbons (Fsp3) is 0.636. The third-order valence-corrected chi connectivity index (χ3v) is 2.62. The third kappa shape index (κ3) is 4.30. The van der Waals surface area contributed by atoms with Gasteiger partial charge in [0.1, 0.15) is 18.4 Å². The minimum atomic E-state index is -0.706. The van der Waals surface area contributed by atoms with Gasteiger partial charge in [-0.15, -0.1) is 0 Å². The summed E-state index contributed by atoms with van der Waals surface area (Å²) in [5.41, 5.74) is -0.371. The molecule has 19 heavy (non-hydrogen) atoms. The summed E-state index contributed by atoms with van der Waals surface area (Å²) in [6.45, 7) is 1.66. The number of rotatable bonds is 5. The molecule has 1 fully saturated rings. The zero-order valence-corrected chi connectivity index (χ0v) is 10.9. The van der Waals surface area contributed by atoms with E-state index in [0.29, 0.717) is 19.7 Å². The summed E-state index contributed by atoms with van der Waals surface area (Å²) in [6.07, 6.45) is 0.284. The van der Waals surface area contributed by atoms with E-state index >= 15 is 0 Å². The van der Waals surface area contributed by atoms with E-state index in [1.807, 2.05) is 23.9 Å². The summed E-state index contributed by atoms with van der Waals surface area (Å²) in [5, 5.41) is 27.9. The third-order valence-electron chi connectivity index (χ3n) is 2.62. The molecule has 1 N–H and O–H groups in total. The molecule has 0 aromatic carbocycles. The van der Waals surface area contributed by atoms with Gasteiger partial charge in [0.2, 0.25) is 6.23 Å². The molecule has 1 heterocycles. The van der Waals surface area contributed by atoms with Crippen LogP contribution in [0, 0.1) is 28.1 Å². The molecular formula is C11H16N6O2. The fourth-order valence-corrected chi connectivity index (χ4v) is 1.57. The second-order valence-corrected chi connectivity index (χ2v) is 4.11. The highest BCUT2D eigenvalue weighted by Gasteiger charge is 2.27. The zero-order valence-electron chi connectivity index (χ0n) is 10.9. The summed E-state index contributed by atoms with van der Waals surface area (Å²) in [7, 11) is 3.80. The van der Waals surface area contributed by atoms with Crippen molar-refractivity contribution in [1.29, 1.82) is 15.9 Å². The summed E-state index contributed by atoms with van der Waals surface area (Å²) in [4.78, 5) is 8.84. The van der Waals surface area contributed by atoms with Gasteiger partial charge in [-0.3, -0.25) is 9.80 Å². The van der Waals surface area contributed by atoms with Crippen molar-refractivity contribution in [1.82, 2.24) is 9.80 Å². The highest BCUT2D eigenvalue weighted by molar-refractivity contribution is 6.09. The minimum Gasteiger partial charge on any atom is -0.368 e. The molecule has 0 bridgehead atoms. The number of likely N-dealkylation sites (N-methyl/N-ethyl adjacent to an activating group) is 1. The van der Waals surface area contributed by atoms with Crippen molar-refractivity contribution < 1.29 is 9.57 Å². The molecule has 0 aliphatic carbocycles. The van der Waals surface area contributed by atoms with Gasteiger partial charge in [0.15, 0.2) is 0 Å². The Morgan fingerprint density at radius 2 is 2.26 bits per heavy atom. The Labute approximate surface area is 111 Å². The molecule has 8 nitrogen and oxygen atoms in total. The summed E-state index contributed by atoms with van der Waals surface area (Å²) in [6, 6.07) is 3.20. The lowest BCUT2D eigenvalue weighted by molar-refractivity contribution is -0.131. The Bertz CT molecular complexity index is 406. The Morgan fingerprint density at radius 3 is 2.79 bits per heavy atom. The summed E-state index contributed by atoms with van der Waals surface area (Å²) < 4.78 is 5.55. The highest BCUT2D eigenvalue weighted by Crippen LogP contribution is 2.11. The fourth-order valence-electron chi connectivity index (χ4n) is 1.57. The van der Waals surface area contributed by atoms with E-state index in [9.17, 15) is 0 Å². The van der Waals surface area contributed by atoms with Crippen LogP contribution in [0.1, 0.15) is 0 Å². The van der Waals surface area contributed by atoms with E-state index in [-0.39, 0.29) is 11.9 Å². The van der Waals surface area contributed by atoms with Crippen LogP contribution in [0.4, 0.5) is 0 Å². The first-order chi connectivity index (χ1) is 9.12. The average Bonchev–Trinajstić information content (AvgIpc) is 2.44. The monoisotopic (exact) mass is 264 g/mol. The van der Waals surface area contributed by atoms with E-state index in [2.05, 4.69) is 5.16 Å². The first-order valence-corrected chi connectivity index (χ1v) is 5.69. The van der Waals surface area contributed by atoms with Crippen molar-refractivity contribution >= 4 is 11.9 Å². The van der Waals surface area contributed by atoms with Gasteiger partial charge in [-0.05, 0) is 14.1 Å². The maximum Gasteiger partial charge on any atom is 0.256 e. The number of morpholine rings is 1. The van der Waals surface area contributed by atoms with Gasteiger partial charge >= 0.3 is 0 Å². The SMILES string of the molecule is CN(C)C1CN(C(C=N)ON=C(C#N)C#N)CCO1. The summed E-state index contributed by atoms with van der Waals surface area (Å²) >= 11 is 0. The molecule has 1 rings (SSSR count). The number of nitrogens with zero attached hydrogens (tertiary/aromatic N) is 5. The van der Waals surface area contributed by atoms with Crippen LogP contribution >= 0.6 is 0 Å². The number of hydrogen-bond acceptors (Lipinski definition) is 8. The van der Waals surface area contributed by atoms with E-state index < -0.39 is 6.23 Å². The Hall–Kier alpha value is -2.00. The second-order valence-electron chi connectivity index (χ2n) is 4.11. The van der Waals surface area contributed by atoms with E-state index in [0.717, 1.165) is 6.21 Å². The van der Waals surface area contributed by atoms with Gasteiger partial charge in [-0.2, -0.15) is 10.5 Å². The van der Waals surface area contributed by atoms with Crippen LogP contribution in [-0.2, 0) is 9.57 Å². The van der Waals surface area contributed by atoms with Gasteiger partial charge in [0, 0.05) is 13.1 Å². The van der Waals surface area contributed by atoms with Crippen molar-refractivity contribution in [2.24, 2.45) is 5.16 Å². The van der Waals surface area contributed by atoms with Crippen LogP contribution in [0.25, 0.3) is 0 Å². The molecule has 0 spiro atoms. The molecule has 102 valence electrons. The van der Waals surface area contributed by atoms with E-state index in [1.54, 1.807) is 12.1 Å². The molecule has 8 heteroatoms. The predicted molar refractivity (Wildman–Crippen MR) is 67.3 cm³/mol. The van der Waals surface area contributed by atoms with Crippen LogP contribution in [-0.4, -0.2) is 68.0 Å². The smallest absolute Gasteiger partial charge is 0.256 e. The summed E-state index contributed by atoms with van der Waals surface area (Å²) in [5.74, 6) is 0. The van der Waals surface area contributed by atoms with Crippen molar-refractivity contribution in [3.63, 3.8) is 0 Å². The molecule has 2 unspecified atom stereocenters. The van der Waals surface area contributed by atoms with E-state index in [1.165, 1.54) is 0 Å². The molecule has 2 atom stereocenters. The standard InChI is InChI=1S/C11H16N6O2/c1-16(2)11-8-17(3-4-18-11)10(7-14)19-15-9(5-12)6-13/h7,10-11,14H,3-4,8H2,1-2H3. The van der Waals surface area contributed by atoms with Crippen molar-refractivity contribution in [2.45, 2.75) is 12.5 Å². The van der Waals surface area contributed by atoms with Crippen molar-refractivity contribution in [3.8, 4) is 12.1 Å². The minimum absolute atomic E-state index is 0.0878. The highest BCUT2D eigenvalue weighted by atomic mass is 16.7. The lowest BCUT2D eigenvalue weighted by Gasteiger charge is -2.37. The molecule has 0 saturated carbocycles. The first kappa shape index (κ1) is 15.1. The average molecular weight is 264 g/mol. The number of nitriles is 2. The predicted octanol–water partition coefficient (Wildman–Crippen LogP) is -0.398. The van der Waals surface area contributed by atoms with Crippen LogP contribution in [0.3, 0.4) is 0 Å². The second kappa shape index (κ2) is 7.44. The van der Waals surface area contributed by atoms with Gasteiger partial charge in [-0.25, -0.2) is 0 Å². The maximum atomic E-state index is 8.56. The lowest BCUT2D eigenvalue weighted by atomic mass is 10.3. The lowest BCUT2D eigenvalue weighted by Crippen LogP contribution is -2.53.